The molecule has 1 atom stereocenters. The van der Waals surface area contributed by atoms with Crippen molar-refractivity contribution in [1.29, 1.82) is 0 Å². The molecule has 2 heterocycles. The average molecular weight is 312 g/mol. The molecule has 1 aliphatic rings. The molecule has 0 aliphatic carbocycles. The van der Waals surface area contributed by atoms with Crippen molar-refractivity contribution in [3.63, 3.8) is 0 Å². The van der Waals surface area contributed by atoms with Crippen LogP contribution in [0.4, 0.5) is 4.39 Å². The molecule has 0 amide bonds. The summed E-state index contributed by atoms with van der Waals surface area (Å²) in [6, 6.07) is 4.75. The first-order valence-electron chi connectivity index (χ1n) is 6.26. The average Bonchev–Trinajstić information content (AvgIpc) is 3.10. The highest BCUT2D eigenvalue weighted by Gasteiger charge is 2.37. The lowest BCUT2D eigenvalue weighted by atomic mass is 10.2. The van der Waals surface area contributed by atoms with Crippen LogP contribution in [0.3, 0.4) is 0 Å². The molecule has 1 saturated heterocycles. The number of hydrogen-bond donors (Lipinski definition) is 0. The van der Waals surface area contributed by atoms with E-state index in [0.717, 1.165) is 17.8 Å². The number of hydrogen-bond acceptors (Lipinski definition) is 4. The van der Waals surface area contributed by atoms with E-state index in [-0.39, 0.29) is 10.9 Å². The molecule has 0 radical (unpaired) electrons. The zero-order valence-electron chi connectivity index (χ0n) is 10.6. The predicted octanol–water partition coefficient (Wildman–Crippen LogP) is 2.81. The summed E-state index contributed by atoms with van der Waals surface area (Å²) in [5, 5.41) is 2.66. The standard InChI is InChI=1S/C13H13FN2O2S2/c14-10-3-5-11(6-4-10)20(17,18)16-8-1-2-12(16)13-15-7-9-19-13/h3-7,9,12H,1-2,8H2. The molecule has 1 fully saturated rings. The van der Waals surface area contributed by atoms with Gasteiger partial charge in [-0.2, -0.15) is 4.31 Å². The van der Waals surface area contributed by atoms with E-state index in [1.807, 2.05) is 5.38 Å². The van der Waals surface area contributed by atoms with Crippen molar-refractivity contribution < 1.29 is 12.8 Å². The minimum absolute atomic E-state index is 0.127. The van der Waals surface area contributed by atoms with Gasteiger partial charge in [-0.1, -0.05) is 0 Å². The van der Waals surface area contributed by atoms with Crippen LogP contribution < -0.4 is 0 Å². The van der Waals surface area contributed by atoms with Crippen molar-refractivity contribution in [3.8, 4) is 0 Å². The molecule has 0 bridgehead atoms. The number of nitrogens with zero attached hydrogens (tertiary/aromatic N) is 2. The summed E-state index contributed by atoms with van der Waals surface area (Å²) < 4.78 is 39.7. The lowest BCUT2D eigenvalue weighted by Crippen LogP contribution is -2.30. The van der Waals surface area contributed by atoms with E-state index >= 15 is 0 Å². The van der Waals surface area contributed by atoms with E-state index in [2.05, 4.69) is 4.98 Å². The Bertz CT molecular complexity index is 684. The van der Waals surface area contributed by atoms with Gasteiger partial charge in [0.15, 0.2) is 0 Å². The van der Waals surface area contributed by atoms with Gasteiger partial charge in [0.05, 0.1) is 10.9 Å². The molecule has 0 saturated carbocycles. The van der Waals surface area contributed by atoms with Crippen LogP contribution in [0, 0.1) is 5.82 Å². The topological polar surface area (TPSA) is 50.3 Å². The molecule has 1 aromatic heterocycles. The Balaban J connectivity index is 1.96. The highest BCUT2D eigenvalue weighted by atomic mass is 32.2. The SMILES string of the molecule is O=S(=O)(c1ccc(F)cc1)N1CCCC1c1nccs1. The van der Waals surface area contributed by atoms with E-state index in [9.17, 15) is 12.8 Å². The number of thiazole rings is 1. The highest BCUT2D eigenvalue weighted by Crippen LogP contribution is 2.37. The molecule has 0 N–H and O–H groups in total. The highest BCUT2D eigenvalue weighted by molar-refractivity contribution is 7.89. The maximum absolute atomic E-state index is 12.9. The van der Waals surface area contributed by atoms with E-state index in [1.54, 1.807) is 6.20 Å². The first-order valence-corrected chi connectivity index (χ1v) is 8.58. The van der Waals surface area contributed by atoms with Crippen molar-refractivity contribution in [2.24, 2.45) is 0 Å². The van der Waals surface area contributed by atoms with Crippen LogP contribution in [0.2, 0.25) is 0 Å². The Morgan fingerprint density at radius 1 is 1.30 bits per heavy atom. The van der Waals surface area contributed by atoms with Crippen LogP contribution in [0.25, 0.3) is 0 Å². The van der Waals surface area contributed by atoms with Gasteiger partial charge in [-0.3, -0.25) is 0 Å². The lowest BCUT2D eigenvalue weighted by Gasteiger charge is -2.22. The molecule has 106 valence electrons. The molecule has 1 unspecified atom stereocenters. The summed E-state index contributed by atoms with van der Waals surface area (Å²) in [6.45, 7) is 0.476. The monoisotopic (exact) mass is 312 g/mol. The van der Waals surface area contributed by atoms with Gasteiger partial charge in [0.1, 0.15) is 10.8 Å². The van der Waals surface area contributed by atoms with Crippen LogP contribution >= 0.6 is 11.3 Å². The van der Waals surface area contributed by atoms with Crippen molar-refractivity contribution in [1.82, 2.24) is 9.29 Å². The van der Waals surface area contributed by atoms with Crippen molar-refractivity contribution in [2.75, 3.05) is 6.54 Å². The van der Waals surface area contributed by atoms with Crippen LogP contribution in [-0.4, -0.2) is 24.3 Å². The summed E-state index contributed by atoms with van der Waals surface area (Å²) in [7, 11) is -3.60. The number of benzene rings is 1. The Kier molecular flexibility index (Phi) is 3.57. The summed E-state index contributed by atoms with van der Waals surface area (Å²) >= 11 is 1.46. The van der Waals surface area contributed by atoms with Gasteiger partial charge in [0.2, 0.25) is 10.0 Å². The third-order valence-corrected chi connectivity index (χ3v) is 6.16. The van der Waals surface area contributed by atoms with E-state index in [1.165, 1.54) is 39.9 Å². The maximum Gasteiger partial charge on any atom is 0.243 e. The van der Waals surface area contributed by atoms with Gasteiger partial charge < -0.3 is 0 Å². The minimum atomic E-state index is -3.60. The number of halogens is 1. The first kappa shape index (κ1) is 13.7. The van der Waals surface area contributed by atoms with Crippen molar-refractivity contribution in [3.05, 3.63) is 46.7 Å². The Morgan fingerprint density at radius 2 is 2.05 bits per heavy atom. The van der Waals surface area contributed by atoms with Crippen LogP contribution in [0.15, 0.2) is 40.7 Å². The zero-order chi connectivity index (χ0) is 14.2. The van der Waals surface area contributed by atoms with Gasteiger partial charge in [-0.25, -0.2) is 17.8 Å². The smallest absolute Gasteiger partial charge is 0.243 e. The van der Waals surface area contributed by atoms with E-state index < -0.39 is 15.8 Å². The van der Waals surface area contributed by atoms with Gasteiger partial charge in [0, 0.05) is 18.1 Å². The molecule has 4 nitrogen and oxygen atoms in total. The molecular weight excluding hydrogens is 299 g/mol. The third kappa shape index (κ3) is 2.36. The fraction of sp³-hybridized carbons (Fsp3) is 0.308. The molecule has 20 heavy (non-hydrogen) atoms. The quantitative estimate of drug-likeness (QED) is 0.875. The fourth-order valence-electron chi connectivity index (χ4n) is 2.42. The van der Waals surface area contributed by atoms with Gasteiger partial charge in [-0.15, -0.1) is 11.3 Å². The zero-order valence-corrected chi connectivity index (χ0v) is 12.2. The molecular formula is C13H13FN2O2S2. The van der Waals surface area contributed by atoms with Crippen LogP contribution in [0.5, 0.6) is 0 Å². The fourth-order valence-corrected chi connectivity index (χ4v) is 4.93. The number of rotatable bonds is 3. The third-order valence-electron chi connectivity index (χ3n) is 3.36. The molecule has 1 aliphatic heterocycles. The van der Waals surface area contributed by atoms with Gasteiger partial charge in [0.25, 0.3) is 0 Å². The summed E-state index contributed by atoms with van der Waals surface area (Å²) in [5.41, 5.74) is 0. The van der Waals surface area contributed by atoms with Crippen molar-refractivity contribution in [2.45, 2.75) is 23.8 Å². The molecule has 1 aromatic carbocycles. The minimum Gasteiger partial charge on any atom is -0.248 e. The molecule has 7 heteroatoms. The Morgan fingerprint density at radius 3 is 2.70 bits per heavy atom. The van der Waals surface area contributed by atoms with Gasteiger partial charge in [-0.05, 0) is 37.1 Å². The van der Waals surface area contributed by atoms with Gasteiger partial charge >= 0.3 is 0 Å². The second kappa shape index (κ2) is 5.23. The first-order chi connectivity index (χ1) is 9.59. The maximum atomic E-state index is 12.9. The normalized spacial score (nSPS) is 20.4. The van der Waals surface area contributed by atoms with E-state index in [0.29, 0.717) is 6.54 Å². The molecule has 2 aromatic rings. The lowest BCUT2D eigenvalue weighted by molar-refractivity contribution is 0.395. The molecule has 0 spiro atoms. The van der Waals surface area contributed by atoms with E-state index in [4.69, 9.17) is 0 Å². The molecule has 3 rings (SSSR count). The number of aromatic nitrogens is 1. The number of sulfonamides is 1. The summed E-state index contributed by atoms with van der Waals surface area (Å²) in [6.07, 6.45) is 3.26. The largest absolute Gasteiger partial charge is 0.248 e. The Hall–Kier alpha value is -1.31. The summed E-state index contributed by atoms with van der Waals surface area (Å²) in [5.74, 6) is -0.443. The van der Waals surface area contributed by atoms with Crippen LogP contribution in [-0.2, 0) is 10.0 Å². The summed E-state index contributed by atoms with van der Waals surface area (Å²) in [4.78, 5) is 4.35. The second-order valence-electron chi connectivity index (χ2n) is 4.60. The van der Waals surface area contributed by atoms with Crippen molar-refractivity contribution >= 4 is 21.4 Å². The Labute approximate surface area is 120 Å². The second-order valence-corrected chi connectivity index (χ2v) is 7.41. The predicted molar refractivity (Wildman–Crippen MR) is 74.4 cm³/mol. The van der Waals surface area contributed by atoms with Crippen LogP contribution in [0.1, 0.15) is 23.9 Å².